The van der Waals surface area contributed by atoms with Crippen molar-refractivity contribution in [2.24, 2.45) is 10.2 Å². The second-order valence-electron chi connectivity index (χ2n) is 5.95. The van der Waals surface area contributed by atoms with Gasteiger partial charge in [-0.25, -0.2) is 12.6 Å². The molecule has 0 aromatic heterocycles. The van der Waals surface area contributed by atoms with Gasteiger partial charge in [-0.2, -0.15) is 27.1 Å². The molecule has 170 valence electrons. The van der Waals surface area contributed by atoms with Gasteiger partial charge < -0.3 is 5.32 Å². The fourth-order valence-electron chi connectivity index (χ4n) is 2.33. The number of nitrogens with one attached hydrogen (secondary N) is 1. The highest BCUT2D eigenvalue weighted by Crippen LogP contribution is 2.28. The van der Waals surface area contributed by atoms with Crippen molar-refractivity contribution in [2.45, 2.75) is 16.7 Å². The third-order valence-corrected chi connectivity index (χ3v) is 6.72. The molecule has 0 bridgehead atoms. The molecule has 12 nitrogen and oxygen atoms in total. The Morgan fingerprint density at radius 1 is 0.903 bits per heavy atom. The molecule has 0 saturated heterocycles. The summed E-state index contributed by atoms with van der Waals surface area (Å²) in [5, 5.41) is 10.6. The smallest absolute Gasteiger partial charge is 0.384 e. The second-order valence-corrected chi connectivity index (χ2v) is 10.5. The first-order valence-electron chi connectivity index (χ1n) is 8.53. The lowest BCUT2D eigenvalue weighted by molar-refractivity contribution is 0.284. The van der Waals surface area contributed by atoms with Crippen molar-refractivity contribution in [3.63, 3.8) is 0 Å². The molecular weight excluding hydrogens is 474 g/mol. The molecule has 0 fully saturated rings. The highest BCUT2D eigenvalue weighted by molar-refractivity contribution is 7.91. The van der Waals surface area contributed by atoms with E-state index in [1.807, 2.05) is 0 Å². The van der Waals surface area contributed by atoms with E-state index in [1.54, 1.807) is 6.92 Å². The lowest BCUT2D eigenvalue weighted by atomic mass is 10.3. The average Bonchev–Trinajstić information content (AvgIpc) is 2.65. The van der Waals surface area contributed by atoms with E-state index in [2.05, 4.69) is 19.7 Å². The summed E-state index contributed by atoms with van der Waals surface area (Å²) >= 11 is 0. The summed E-state index contributed by atoms with van der Waals surface area (Å²) in [5.74, 6) is -0.676. The molecule has 0 spiro atoms. The van der Waals surface area contributed by atoms with E-state index >= 15 is 0 Å². The van der Waals surface area contributed by atoms with Gasteiger partial charge in [0.1, 0.15) is 4.90 Å². The minimum atomic E-state index is -4.74. The molecule has 15 heteroatoms. The molecule has 0 aliphatic heterocycles. The van der Waals surface area contributed by atoms with E-state index in [-0.39, 0.29) is 26.9 Å². The first kappa shape index (κ1) is 24.8. The van der Waals surface area contributed by atoms with Crippen molar-refractivity contribution < 1.29 is 38.5 Å². The zero-order valence-electron chi connectivity index (χ0n) is 16.0. The predicted molar refractivity (Wildman–Crippen MR) is 111 cm³/mol. The molecule has 2 rings (SSSR count). The van der Waals surface area contributed by atoms with E-state index in [0.717, 1.165) is 6.07 Å². The monoisotopic (exact) mass is 493 g/mol. The van der Waals surface area contributed by atoms with Crippen LogP contribution >= 0.6 is 0 Å². The number of hydrogen-bond donors (Lipinski definition) is 3. The van der Waals surface area contributed by atoms with Gasteiger partial charge >= 0.3 is 10.4 Å². The lowest BCUT2D eigenvalue weighted by Crippen LogP contribution is -2.15. The van der Waals surface area contributed by atoms with Gasteiger partial charge in [-0.1, -0.05) is 0 Å². The molecule has 0 atom stereocenters. The van der Waals surface area contributed by atoms with Crippen molar-refractivity contribution >= 4 is 47.4 Å². The number of rotatable bonds is 10. The normalized spacial score (nSPS) is 12.9. The van der Waals surface area contributed by atoms with Gasteiger partial charge in [0.05, 0.1) is 34.3 Å². The summed E-state index contributed by atoms with van der Waals surface area (Å²) < 4.78 is 90.1. The Morgan fingerprint density at radius 2 is 1.48 bits per heavy atom. The van der Waals surface area contributed by atoms with Gasteiger partial charge in [0, 0.05) is 6.54 Å². The van der Waals surface area contributed by atoms with Gasteiger partial charge in [0.25, 0.3) is 10.1 Å². The molecule has 3 N–H and O–H groups in total. The maximum atomic E-state index is 12.1. The Bertz CT molecular complexity index is 1270. The largest absolute Gasteiger partial charge is 0.397 e. The van der Waals surface area contributed by atoms with Crippen LogP contribution in [0, 0.1) is 0 Å². The number of nitrogens with zero attached hydrogens (tertiary/aromatic N) is 2. The van der Waals surface area contributed by atoms with Gasteiger partial charge in [-0.3, -0.25) is 9.11 Å². The van der Waals surface area contributed by atoms with Crippen LogP contribution in [-0.2, 0) is 34.5 Å². The van der Waals surface area contributed by atoms with Gasteiger partial charge in [0.2, 0.25) is 0 Å². The number of azo groups is 1. The Balaban J connectivity index is 2.17. The molecule has 0 amide bonds. The highest BCUT2D eigenvalue weighted by Gasteiger charge is 2.17. The van der Waals surface area contributed by atoms with Crippen molar-refractivity contribution in [3.05, 3.63) is 42.5 Å². The maximum absolute atomic E-state index is 12.1. The third kappa shape index (κ3) is 7.64. The fourth-order valence-corrected chi connectivity index (χ4v) is 4.50. The minimum absolute atomic E-state index is 0.131. The van der Waals surface area contributed by atoms with Gasteiger partial charge in [-0.15, -0.1) is 0 Å². The number of anilines is 1. The molecule has 0 aliphatic carbocycles. The summed E-state index contributed by atoms with van der Waals surface area (Å²) in [6.07, 6.45) is 0. The van der Waals surface area contributed by atoms with Crippen LogP contribution in [0.5, 0.6) is 0 Å². The molecule has 0 unspecified atom stereocenters. The van der Waals surface area contributed by atoms with Crippen molar-refractivity contribution in [1.82, 2.24) is 0 Å². The summed E-state index contributed by atoms with van der Waals surface area (Å²) in [5.41, 5.74) is 0.585. The standard InChI is InChI=1S/C16H19N3O9S3/c1-2-17-15-8-5-13(11-16(15)30(22,23)24)19-18-12-3-6-14(7-4-12)29(20,21)10-9-28-31(25,26)27/h3-8,11,17H,2,9-10H2,1H3,(H,22,23,24)(H,25,26,27)/b19-18+. The number of hydrogen-bond acceptors (Lipinski definition) is 10. The summed E-state index contributed by atoms with van der Waals surface area (Å²) in [4.78, 5) is -0.492. The molecule has 0 radical (unpaired) electrons. The van der Waals surface area contributed by atoms with Crippen molar-refractivity contribution in [2.75, 3.05) is 24.2 Å². The Hall–Kier alpha value is -2.43. The van der Waals surface area contributed by atoms with E-state index in [0.29, 0.717) is 6.54 Å². The van der Waals surface area contributed by atoms with Crippen LogP contribution < -0.4 is 5.32 Å². The zero-order valence-corrected chi connectivity index (χ0v) is 18.5. The van der Waals surface area contributed by atoms with Crippen molar-refractivity contribution in [1.29, 1.82) is 0 Å². The topological polar surface area (TPSA) is 189 Å². The van der Waals surface area contributed by atoms with E-state index < -0.39 is 42.7 Å². The molecule has 0 saturated carbocycles. The SMILES string of the molecule is CCNc1ccc(/N=N/c2ccc(S(=O)(=O)CCOS(=O)(=O)O)cc2)cc1S(=O)(=O)O. The molecule has 2 aromatic carbocycles. The molecule has 2 aromatic rings. The predicted octanol–water partition coefficient (Wildman–Crippen LogP) is 2.37. The van der Waals surface area contributed by atoms with Crippen LogP contribution in [0.25, 0.3) is 0 Å². The van der Waals surface area contributed by atoms with E-state index in [9.17, 15) is 29.8 Å². The van der Waals surface area contributed by atoms with Crippen LogP contribution in [0.2, 0.25) is 0 Å². The first-order chi connectivity index (χ1) is 14.3. The van der Waals surface area contributed by atoms with E-state index in [4.69, 9.17) is 4.55 Å². The minimum Gasteiger partial charge on any atom is -0.384 e. The Kier molecular flexibility index (Phi) is 7.85. The summed E-state index contributed by atoms with van der Waals surface area (Å²) in [6, 6.07) is 9.12. The zero-order chi connectivity index (χ0) is 23.3. The Morgan fingerprint density at radius 3 is 2.03 bits per heavy atom. The van der Waals surface area contributed by atoms with Crippen LogP contribution in [0.15, 0.2) is 62.5 Å². The fraction of sp³-hybridized carbons (Fsp3) is 0.250. The molecule has 31 heavy (non-hydrogen) atoms. The van der Waals surface area contributed by atoms with Crippen LogP contribution in [0.4, 0.5) is 17.1 Å². The summed E-state index contributed by atoms with van der Waals surface area (Å²) in [6.45, 7) is 1.44. The van der Waals surface area contributed by atoms with Gasteiger partial charge in [-0.05, 0) is 49.4 Å². The second kappa shape index (κ2) is 9.80. The quantitative estimate of drug-likeness (QED) is 0.327. The number of sulfone groups is 1. The Labute approximate surface area is 179 Å². The summed E-state index contributed by atoms with van der Waals surface area (Å²) in [7, 11) is -13.1. The highest BCUT2D eigenvalue weighted by atomic mass is 32.3. The van der Waals surface area contributed by atoms with E-state index in [1.165, 1.54) is 36.4 Å². The van der Waals surface area contributed by atoms with Crippen molar-refractivity contribution in [3.8, 4) is 0 Å². The third-order valence-electron chi connectivity index (χ3n) is 3.67. The van der Waals surface area contributed by atoms with Crippen LogP contribution in [0.3, 0.4) is 0 Å². The van der Waals surface area contributed by atoms with Crippen LogP contribution in [-0.4, -0.2) is 53.3 Å². The number of benzene rings is 2. The first-order valence-corrected chi connectivity index (χ1v) is 13.0. The molecule has 0 aliphatic rings. The average molecular weight is 494 g/mol. The van der Waals surface area contributed by atoms with Crippen LogP contribution in [0.1, 0.15) is 6.92 Å². The van der Waals surface area contributed by atoms with Gasteiger partial charge in [0.15, 0.2) is 9.84 Å². The maximum Gasteiger partial charge on any atom is 0.397 e. The molecular formula is C16H19N3O9S3. The molecule has 0 heterocycles. The lowest BCUT2D eigenvalue weighted by Gasteiger charge is -2.08.